The maximum atomic E-state index is 6.32. The number of anilines is 3. The number of piperazine rings is 1. The van der Waals surface area contributed by atoms with E-state index in [1.165, 1.54) is 0 Å². The molecule has 0 radical (unpaired) electrons. The van der Waals surface area contributed by atoms with Crippen molar-refractivity contribution in [2.24, 2.45) is 0 Å². The quantitative estimate of drug-likeness (QED) is 0.377. The van der Waals surface area contributed by atoms with Crippen molar-refractivity contribution in [2.75, 3.05) is 63.6 Å². The third-order valence-corrected chi connectivity index (χ3v) is 6.74. The maximum absolute atomic E-state index is 6.32. The Hall–Kier alpha value is -3.40. The second-order valence-corrected chi connectivity index (χ2v) is 9.49. The molecule has 0 spiro atoms. The van der Waals surface area contributed by atoms with Crippen molar-refractivity contribution in [3.8, 4) is 22.8 Å². The van der Waals surface area contributed by atoms with Gasteiger partial charge < -0.3 is 30.6 Å². The Morgan fingerprint density at radius 2 is 1.92 bits per heavy atom. The number of aromatic nitrogens is 2. The van der Waals surface area contributed by atoms with Gasteiger partial charge in [0.05, 0.1) is 24.6 Å². The van der Waals surface area contributed by atoms with E-state index < -0.39 is 0 Å². The minimum Gasteiger partial charge on any atom is -0.492 e. The molecular weight excluding hydrogens is 468 g/mol. The number of benzene rings is 2. The first-order valence-electron chi connectivity index (χ1n) is 13.0. The lowest BCUT2D eigenvalue weighted by atomic mass is 10.1. The van der Waals surface area contributed by atoms with Crippen LogP contribution in [0.3, 0.4) is 0 Å². The van der Waals surface area contributed by atoms with Crippen LogP contribution in [0.5, 0.6) is 11.5 Å². The molecule has 0 unspecified atom stereocenters. The maximum Gasteiger partial charge on any atom is 0.227 e. The number of ether oxygens (including phenoxy) is 3. The van der Waals surface area contributed by atoms with Gasteiger partial charge in [-0.3, -0.25) is 4.90 Å². The highest BCUT2D eigenvalue weighted by molar-refractivity contribution is 5.69. The van der Waals surface area contributed by atoms with Crippen molar-refractivity contribution in [1.29, 1.82) is 0 Å². The number of nitrogens with one attached hydrogen (secondary N) is 2. The summed E-state index contributed by atoms with van der Waals surface area (Å²) in [6, 6.07) is 13.7. The molecule has 9 nitrogen and oxygen atoms in total. The van der Waals surface area contributed by atoms with E-state index in [1.807, 2.05) is 42.5 Å². The Bertz CT molecular complexity index is 1180. The highest BCUT2D eigenvalue weighted by Gasteiger charge is 2.17. The summed E-state index contributed by atoms with van der Waals surface area (Å²) in [6.07, 6.45) is 3.64. The number of aryl methyl sites for hydroxylation is 1. The van der Waals surface area contributed by atoms with E-state index in [4.69, 9.17) is 24.9 Å². The Morgan fingerprint density at radius 1 is 1.08 bits per heavy atom. The summed E-state index contributed by atoms with van der Waals surface area (Å²) in [4.78, 5) is 11.5. The summed E-state index contributed by atoms with van der Waals surface area (Å²) in [5, 5.41) is 6.69. The Balaban J connectivity index is 1.22. The van der Waals surface area contributed by atoms with Crippen molar-refractivity contribution in [2.45, 2.75) is 25.9 Å². The largest absolute Gasteiger partial charge is 0.492 e. The van der Waals surface area contributed by atoms with Crippen LogP contribution in [0.15, 0.2) is 48.7 Å². The predicted molar refractivity (Wildman–Crippen MR) is 146 cm³/mol. The standard InChI is InChI=1S/C28H36N6O3/c1-20-2-4-22(19-27(20)36-17-14-34-12-10-30-11-13-34)32-28-31-9-6-25(33-28)21-3-5-26(24(29)18-21)37-23-7-15-35-16-8-23/h2-6,9,18-19,23,30H,7-8,10-17,29H2,1H3,(H,31,32,33). The normalized spacial score (nSPS) is 16.9. The minimum atomic E-state index is 0.141. The Morgan fingerprint density at radius 3 is 2.73 bits per heavy atom. The van der Waals surface area contributed by atoms with Gasteiger partial charge in [0.15, 0.2) is 0 Å². The second-order valence-electron chi connectivity index (χ2n) is 9.49. The first-order valence-corrected chi connectivity index (χ1v) is 13.0. The number of hydrogen-bond acceptors (Lipinski definition) is 9. The van der Waals surface area contributed by atoms with Crippen LogP contribution in [0.4, 0.5) is 17.3 Å². The highest BCUT2D eigenvalue weighted by Crippen LogP contribution is 2.30. The Labute approximate surface area is 218 Å². The van der Waals surface area contributed by atoms with E-state index in [-0.39, 0.29) is 6.10 Å². The third kappa shape index (κ3) is 6.88. The van der Waals surface area contributed by atoms with Crippen molar-refractivity contribution >= 4 is 17.3 Å². The fraction of sp³-hybridized carbons (Fsp3) is 0.429. The van der Waals surface area contributed by atoms with E-state index in [2.05, 4.69) is 27.4 Å². The van der Waals surface area contributed by atoms with E-state index in [9.17, 15) is 0 Å². The molecule has 37 heavy (non-hydrogen) atoms. The van der Waals surface area contributed by atoms with Gasteiger partial charge in [-0.25, -0.2) is 9.97 Å². The molecule has 2 aliphatic rings. The van der Waals surface area contributed by atoms with Crippen molar-refractivity contribution in [3.05, 3.63) is 54.2 Å². The van der Waals surface area contributed by atoms with Crippen LogP contribution in [0.2, 0.25) is 0 Å². The van der Waals surface area contributed by atoms with Gasteiger partial charge in [-0.1, -0.05) is 6.07 Å². The zero-order chi connectivity index (χ0) is 25.5. The summed E-state index contributed by atoms with van der Waals surface area (Å²) in [7, 11) is 0. The minimum absolute atomic E-state index is 0.141. The molecule has 3 aromatic rings. The van der Waals surface area contributed by atoms with Gasteiger partial charge in [0.25, 0.3) is 0 Å². The molecule has 2 saturated heterocycles. The summed E-state index contributed by atoms with van der Waals surface area (Å²) in [5.41, 5.74) is 10.6. The second kappa shape index (κ2) is 12.2. The summed E-state index contributed by atoms with van der Waals surface area (Å²) >= 11 is 0. The number of nitrogen functional groups attached to an aromatic ring is 1. The van der Waals surface area contributed by atoms with Crippen LogP contribution >= 0.6 is 0 Å². The van der Waals surface area contributed by atoms with Crippen LogP contribution in [0, 0.1) is 6.92 Å². The molecule has 4 N–H and O–H groups in total. The van der Waals surface area contributed by atoms with Gasteiger partial charge in [-0.15, -0.1) is 0 Å². The molecule has 0 atom stereocenters. The highest BCUT2D eigenvalue weighted by atomic mass is 16.5. The number of nitrogens with two attached hydrogens (primary N) is 1. The summed E-state index contributed by atoms with van der Waals surface area (Å²) in [6.45, 7) is 9.30. The van der Waals surface area contributed by atoms with E-state index in [1.54, 1.807) is 6.20 Å². The summed E-state index contributed by atoms with van der Waals surface area (Å²) in [5.74, 6) is 2.07. The van der Waals surface area contributed by atoms with Crippen molar-refractivity contribution in [1.82, 2.24) is 20.2 Å². The third-order valence-electron chi connectivity index (χ3n) is 6.74. The molecule has 5 rings (SSSR count). The first kappa shape index (κ1) is 25.3. The van der Waals surface area contributed by atoms with E-state index in [0.717, 1.165) is 87.0 Å². The van der Waals surface area contributed by atoms with Crippen molar-refractivity contribution < 1.29 is 14.2 Å². The molecular formula is C28H36N6O3. The lowest BCUT2D eigenvalue weighted by Crippen LogP contribution is -2.44. The molecule has 3 heterocycles. The fourth-order valence-corrected chi connectivity index (χ4v) is 4.55. The monoisotopic (exact) mass is 504 g/mol. The van der Waals surface area contributed by atoms with Gasteiger partial charge in [0, 0.05) is 69.1 Å². The SMILES string of the molecule is Cc1ccc(Nc2nccc(-c3ccc(OC4CCOCC4)c(N)c3)n2)cc1OCCN1CCNCC1. The molecule has 2 fully saturated rings. The molecule has 1 aromatic heterocycles. The number of hydrogen-bond donors (Lipinski definition) is 3. The van der Waals surface area contributed by atoms with E-state index >= 15 is 0 Å². The topological polar surface area (TPSA) is 107 Å². The first-order chi connectivity index (χ1) is 18.1. The zero-order valence-corrected chi connectivity index (χ0v) is 21.4. The van der Waals surface area contributed by atoms with Crippen LogP contribution in [0.25, 0.3) is 11.3 Å². The van der Waals surface area contributed by atoms with Gasteiger partial charge in [0.1, 0.15) is 24.2 Å². The summed E-state index contributed by atoms with van der Waals surface area (Å²) < 4.78 is 17.6. The number of rotatable bonds is 9. The molecule has 0 aliphatic carbocycles. The molecule has 2 aromatic carbocycles. The predicted octanol–water partition coefficient (Wildman–Crippen LogP) is 3.62. The molecule has 2 aliphatic heterocycles. The smallest absolute Gasteiger partial charge is 0.227 e. The zero-order valence-electron chi connectivity index (χ0n) is 21.4. The van der Waals surface area contributed by atoms with Gasteiger partial charge in [0.2, 0.25) is 5.95 Å². The average Bonchev–Trinajstić information content (AvgIpc) is 2.93. The van der Waals surface area contributed by atoms with Crippen LogP contribution < -0.4 is 25.8 Å². The van der Waals surface area contributed by atoms with E-state index in [0.29, 0.717) is 24.0 Å². The van der Waals surface area contributed by atoms with Crippen LogP contribution in [-0.2, 0) is 4.74 Å². The van der Waals surface area contributed by atoms with Gasteiger partial charge >= 0.3 is 0 Å². The Kier molecular flexibility index (Phi) is 8.35. The lowest BCUT2D eigenvalue weighted by molar-refractivity contribution is 0.0259. The molecule has 0 saturated carbocycles. The molecule has 9 heteroatoms. The average molecular weight is 505 g/mol. The van der Waals surface area contributed by atoms with Crippen molar-refractivity contribution in [3.63, 3.8) is 0 Å². The van der Waals surface area contributed by atoms with Crippen LogP contribution in [-0.4, -0.2) is 73.5 Å². The van der Waals surface area contributed by atoms with Gasteiger partial charge in [-0.2, -0.15) is 0 Å². The molecule has 0 bridgehead atoms. The number of nitrogens with zero attached hydrogens (tertiary/aromatic N) is 3. The van der Waals surface area contributed by atoms with Crippen LogP contribution in [0.1, 0.15) is 18.4 Å². The molecule has 196 valence electrons. The molecule has 0 amide bonds. The fourth-order valence-electron chi connectivity index (χ4n) is 4.55. The lowest BCUT2D eigenvalue weighted by Gasteiger charge is -2.27. The van der Waals surface area contributed by atoms with Gasteiger partial charge in [-0.05, 0) is 42.8 Å².